The van der Waals surface area contributed by atoms with Crippen LogP contribution in [-0.4, -0.2) is 39.3 Å². The van der Waals surface area contributed by atoms with Crippen LogP contribution >= 0.6 is 0 Å². The molecule has 0 aliphatic carbocycles. The maximum atomic E-state index is 11.7. The van der Waals surface area contributed by atoms with Crippen molar-refractivity contribution in [1.29, 1.82) is 0 Å². The van der Waals surface area contributed by atoms with Crippen molar-refractivity contribution in [2.24, 2.45) is 0 Å². The van der Waals surface area contributed by atoms with Crippen LogP contribution in [0.25, 0.3) is 6.08 Å². The molecule has 0 fully saturated rings. The van der Waals surface area contributed by atoms with E-state index in [1.165, 1.54) is 12.1 Å². The molecule has 116 valence electrons. The maximum Gasteiger partial charge on any atom is 0.328 e. The molecule has 0 aliphatic rings. The number of benzene rings is 1. The number of nitrogens with one attached hydrogen (secondary N) is 1. The first-order chi connectivity index (χ1) is 9.48. The molecule has 7 nitrogen and oxygen atoms in total. The number of aryl methyl sites for hydroxylation is 1. The van der Waals surface area contributed by atoms with E-state index in [0.29, 0.717) is 11.1 Å². The molecule has 0 amide bonds. The Morgan fingerprint density at radius 1 is 1.29 bits per heavy atom. The Hall–Kier alpha value is -1.87. The minimum Gasteiger partial charge on any atom is -0.478 e. The average molecular weight is 333 g/mol. The largest absolute Gasteiger partial charge is 0.478 e. The van der Waals surface area contributed by atoms with Gasteiger partial charge in [0.05, 0.1) is 5.69 Å². The van der Waals surface area contributed by atoms with Gasteiger partial charge in [-0.3, -0.25) is 4.72 Å². The van der Waals surface area contributed by atoms with Crippen LogP contribution < -0.4 is 4.72 Å². The molecule has 0 bridgehead atoms. The highest BCUT2D eigenvalue weighted by Gasteiger charge is 2.18. The van der Waals surface area contributed by atoms with Crippen LogP contribution in [0, 0.1) is 6.92 Å². The molecule has 1 rings (SSSR count). The first-order valence-electron chi connectivity index (χ1n) is 5.68. The van der Waals surface area contributed by atoms with Gasteiger partial charge in [0.1, 0.15) is 0 Å². The number of hydrogen-bond acceptors (Lipinski definition) is 5. The van der Waals surface area contributed by atoms with Gasteiger partial charge in [-0.2, -0.15) is 0 Å². The highest BCUT2D eigenvalue weighted by atomic mass is 32.3. The van der Waals surface area contributed by atoms with Gasteiger partial charge in [0.25, 0.3) is 0 Å². The Bertz CT molecular complexity index is 778. The summed E-state index contributed by atoms with van der Waals surface area (Å²) in [7, 11) is -7.73. The average Bonchev–Trinajstić information content (AvgIpc) is 2.26. The van der Waals surface area contributed by atoms with Crippen molar-refractivity contribution < 1.29 is 26.7 Å². The van der Waals surface area contributed by atoms with Crippen LogP contribution in [0.3, 0.4) is 0 Å². The molecule has 0 saturated carbocycles. The van der Waals surface area contributed by atoms with Crippen molar-refractivity contribution in [2.75, 3.05) is 16.1 Å². The van der Waals surface area contributed by atoms with Gasteiger partial charge in [0.2, 0.25) is 10.0 Å². The number of rotatable bonds is 6. The summed E-state index contributed by atoms with van der Waals surface area (Å²) in [6.45, 7) is 1.64. The third-order valence-electron chi connectivity index (χ3n) is 2.31. The topological polar surface area (TPSA) is 118 Å². The maximum absolute atomic E-state index is 11.7. The second-order valence-electron chi connectivity index (χ2n) is 4.51. The summed E-state index contributed by atoms with van der Waals surface area (Å²) in [5.41, 5.74) is 1.26. The Morgan fingerprint density at radius 3 is 2.43 bits per heavy atom. The van der Waals surface area contributed by atoms with Gasteiger partial charge in [0, 0.05) is 12.3 Å². The standard InChI is InChI=1S/C12H15NO6S2/c1-9-3-4-10(5-6-12(14)15)7-11(9)13-21(18,19)8-20(2,16)17/h3-7,13H,8H2,1-2H3,(H,14,15)/b6-5+. The molecule has 0 aliphatic heterocycles. The van der Waals surface area contributed by atoms with Gasteiger partial charge in [-0.15, -0.1) is 0 Å². The van der Waals surface area contributed by atoms with Gasteiger partial charge in [-0.25, -0.2) is 21.6 Å². The van der Waals surface area contributed by atoms with E-state index in [4.69, 9.17) is 5.11 Å². The molecule has 0 saturated heterocycles. The van der Waals surface area contributed by atoms with Crippen LogP contribution in [0.5, 0.6) is 0 Å². The van der Waals surface area contributed by atoms with Gasteiger partial charge in [-0.1, -0.05) is 12.1 Å². The Kier molecular flexibility index (Phi) is 5.13. The summed E-state index contributed by atoms with van der Waals surface area (Å²) in [5, 5.41) is 7.53. The molecule has 21 heavy (non-hydrogen) atoms. The van der Waals surface area contributed by atoms with Crippen LogP contribution in [0.1, 0.15) is 11.1 Å². The number of hydrogen-bond donors (Lipinski definition) is 2. The Balaban J connectivity index is 3.08. The van der Waals surface area contributed by atoms with E-state index < -0.39 is 30.9 Å². The number of sulfone groups is 1. The summed E-state index contributed by atoms with van der Waals surface area (Å²) in [6.07, 6.45) is 3.04. The molecule has 2 N–H and O–H groups in total. The summed E-state index contributed by atoms with van der Waals surface area (Å²) in [5.74, 6) is -1.13. The number of carboxylic acid groups (broad SMARTS) is 1. The molecule has 0 unspecified atom stereocenters. The molecule has 0 aromatic heterocycles. The van der Waals surface area contributed by atoms with Crippen molar-refractivity contribution in [3.63, 3.8) is 0 Å². The predicted molar refractivity (Wildman–Crippen MR) is 80.1 cm³/mol. The van der Waals surface area contributed by atoms with Crippen LogP contribution in [0.15, 0.2) is 24.3 Å². The van der Waals surface area contributed by atoms with E-state index in [9.17, 15) is 21.6 Å². The van der Waals surface area contributed by atoms with Crippen molar-refractivity contribution >= 4 is 37.6 Å². The Morgan fingerprint density at radius 2 is 1.90 bits per heavy atom. The fourth-order valence-corrected chi connectivity index (χ4v) is 4.54. The van der Waals surface area contributed by atoms with Gasteiger partial charge in [0.15, 0.2) is 14.9 Å². The van der Waals surface area contributed by atoms with E-state index >= 15 is 0 Å². The first-order valence-corrected chi connectivity index (χ1v) is 9.40. The number of anilines is 1. The van der Waals surface area contributed by atoms with Gasteiger partial charge >= 0.3 is 5.97 Å². The molecular formula is C12H15NO6S2. The zero-order valence-corrected chi connectivity index (χ0v) is 13.0. The normalized spacial score (nSPS) is 12.5. The number of carboxylic acids is 1. The highest BCUT2D eigenvalue weighted by Crippen LogP contribution is 2.19. The molecular weight excluding hydrogens is 318 g/mol. The third-order valence-corrected chi connectivity index (χ3v) is 5.80. The van der Waals surface area contributed by atoms with Gasteiger partial charge in [-0.05, 0) is 30.2 Å². The molecule has 1 aromatic carbocycles. The first kappa shape index (κ1) is 17.2. The SMILES string of the molecule is Cc1ccc(/C=C/C(=O)O)cc1NS(=O)(=O)CS(C)(=O)=O. The monoisotopic (exact) mass is 333 g/mol. The number of carbonyl (C=O) groups is 1. The highest BCUT2D eigenvalue weighted by molar-refractivity contribution is 8.08. The lowest BCUT2D eigenvalue weighted by Crippen LogP contribution is -2.22. The molecule has 0 spiro atoms. The fourth-order valence-electron chi connectivity index (χ4n) is 1.50. The zero-order valence-electron chi connectivity index (χ0n) is 11.4. The lowest BCUT2D eigenvalue weighted by atomic mass is 10.1. The Labute approximate surface area is 123 Å². The number of sulfonamides is 1. The van der Waals surface area contributed by atoms with Crippen molar-refractivity contribution in [2.45, 2.75) is 6.92 Å². The minimum atomic E-state index is -4.04. The smallest absolute Gasteiger partial charge is 0.328 e. The van der Waals surface area contributed by atoms with E-state index in [2.05, 4.69) is 4.72 Å². The summed E-state index contributed by atoms with van der Waals surface area (Å²) in [6, 6.07) is 4.64. The summed E-state index contributed by atoms with van der Waals surface area (Å²) >= 11 is 0. The van der Waals surface area contributed by atoms with E-state index in [0.717, 1.165) is 12.3 Å². The summed E-state index contributed by atoms with van der Waals surface area (Å²) < 4.78 is 47.8. The van der Waals surface area contributed by atoms with Crippen LogP contribution in [0.4, 0.5) is 5.69 Å². The second-order valence-corrected chi connectivity index (χ2v) is 8.73. The van der Waals surface area contributed by atoms with E-state index in [-0.39, 0.29) is 5.69 Å². The molecule has 0 radical (unpaired) electrons. The van der Waals surface area contributed by atoms with Gasteiger partial charge < -0.3 is 5.11 Å². The fraction of sp³-hybridized carbons (Fsp3) is 0.250. The zero-order chi connectivity index (χ0) is 16.3. The molecule has 0 heterocycles. The van der Waals surface area contributed by atoms with Crippen molar-refractivity contribution in [1.82, 2.24) is 0 Å². The van der Waals surface area contributed by atoms with Crippen molar-refractivity contribution in [3.8, 4) is 0 Å². The minimum absolute atomic E-state index is 0.200. The third kappa shape index (κ3) is 6.41. The van der Waals surface area contributed by atoms with Crippen LogP contribution in [-0.2, 0) is 24.7 Å². The second kappa shape index (κ2) is 6.27. The van der Waals surface area contributed by atoms with Crippen molar-refractivity contribution in [3.05, 3.63) is 35.4 Å². The quantitative estimate of drug-likeness (QED) is 0.745. The molecule has 0 atom stereocenters. The lowest BCUT2D eigenvalue weighted by molar-refractivity contribution is -0.131. The lowest BCUT2D eigenvalue weighted by Gasteiger charge is -2.10. The van der Waals surface area contributed by atoms with Crippen LogP contribution in [0.2, 0.25) is 0 Å². The summed E-state index contributed by atoms with van der Waals surface area (Å²) in [4.78, 5) is 10.4. The number of aliphatic carboxylic acids is 1. The van der Waals surface area contributed by atoms with E-state index in [1.54, 1.807) is 19.1 Å². The molecule has 1 aromatic rings. The molecule has 9 heteroatoms. The predicted octanol–water partition coefficient (Wildman–Crippen LogP) is 0.837. The van der Waals surface area contributed by atoms with E-state index in [1.807, 2.05) is 0 Å².